The number of amides is 1. The lowest BCUT2D eigenvalue weighted by molar-refractivity contribution is -0.139. The predicted octanol–water partition coefficient (Wildman–Crippen LogP) is 0.719. The lowest BCUT2D eigenvalue weighted by Crippen LogP contribution is -2.40. The zero-order valence-electron chi connectivity index (χ0n) is 12.5. The van der Waals surface area contributed by atoms with Crippen LogP contribution in [0.2, 0.25) is 0 Å². The van der Waals surface area contributed by atoms with Gasteiger partial charge < -0.3 is 10.4 Å². The van der Waals surface area contributed by atoms with Crippen molar-refractivity contribution >= 4 is 21.9 Å². The van der Waals surface area contributed by atoms with E-state index < -0.39 is 27.9 Å². The minimum Gasteiger partial charge on any atom is -0.480 e. The first-order chi connectivity index (χ1) is 10.3. The predicted molar refractivity (Wildman–Crippen MR) is 81.9 cm³/mol. The van der Waals surface area contributed by atoms with E-state index in [1.807, 2.05) is 0 Å². The topological polar surface area (TPSA) is 113 Å². The Hall–Kier alpha value is -1.93. The number of nitrogens with one attached hydrogen (secondary N) is 2. The minimum atomic E-state index is -3.27. The molecule has 1 atom stereocenters. The molecule has 3 N–H and O–H groups in total. The first-order valence-corrected chi connectivity index (χ1v) is 8.54. The number of hydrogen-bond donors (Lipinski definition) is 3. The molecule has 0 aliphatic heterocycles. The van der Waals surface area contributed by atoms with Gasteiger partial charge in [0.05, 0.1) is 5.75 Å². The summed E-state index contributed by atoms with van der Waals surface area (Å²) < 4.78 is 25.1. The second kappa shape index (κ2) is 7.90. The quantitative estimate of drug-likeness (QED) is 0.651. The third-order valence-corrected chi connectivity index (χ3v) is 4.45. The highest BCUT2D eigenvalue weighted by Gasteiger charge is 2.18. The summed E-state index contributed by atoms with van der Waals surface area (Å²) in [6.07, 6.45) is 0.290. The van der Waals surface area contributed by atoms with Gasteiger partial charge in [-0.25, -0.2) is 17.9 Å². The smallest absolute Gasteiger partial charge is 0.326 e. The number of carboxylic acid groups (broad SMARTS) is 1. The Labute approximate surface area is 129 Å². The maximum absolute atomic E-state index is 11.9. The van der Waals surface area contributed by atoms with Crippen molar-refractivity contribution in [2.75, 3.05) is 5.75 Å². The molecule has 0 saturated heterocycles. The molecule has 122 valence electrons. The molecule has 1 aromatic carbocycles. The maximum Gasteiger partial charge on any atom is 0.326 e. The molecule has 0 saturated carbocycles. The molecule has 0 fully saturated rings. The molecule has 8 heteroatoms. The molecule has 0 aliphatic carbocycles. The van der Waals surface area contributed by atoms with Crippen LogP contribution in [0, 0.1) is 0 Å². The second-order valence-corrected chi connectivity index (χ2v) is 6.79. The number of carbonyl (C=O) groups is 2. The molecule has 0 aromatic heterocycles. The van der Waals surface area contributed by atoms with Crippen molar-refractivity contribution in [1.29, 1.82) is 0 Å². The van der Waals surface area contributed by atoms with Gasteiger partial charge in [-0.3, -0.25) is 4.79 Å². The van der Waals surface area contributed by atoms with Crippen LogP contribution in [0.1, 0.15) is 36.2 Å². The molecule has 0 radical (unpaired) electrons. The minimum absolute atomic E-state index is 0.00108. The van der Waals surface area contributed by atoms with E-state index in [9.17, 15) is 18.0 Å². The Balaban J connectivity index is 2.68. The maximum atomic E-state index is 11.9. The lowest BCUT2D eigenvalue weighted by Gasteiger charge is -2.12. The van der Waals surface area contributed by atoms with Crippen molar-refractivity contribution in [3.63, 3.8) is 0 Å². The number of carboxylic acids is 1. The third kappa shape index (κ3) is 5.45. The molecule has 1 amide bonds. The molecule has 0 heterocycles. The summed E-state index contributed by atoms with van der Waals surface area (Å²) in [6, 6.07) is 5.37. The van der Waals surface area contributed by atoms with Gasteiger partial charge in [-0.1, -0.05) is 19.1 Å². The van der Waals surface area contributed by atoms with Crippen molar-refractivity contribution in [1.82, 2.24) is 10.0 Å². The highest BCUT2D eigenvalue weighted by Crippen LogP contribution is 2.06. The summed E-state index contributed by atoms with van der Waals surface area (Å²) >= 11 is 0. The fourth-order valence-electron chi connectivity index (χ4n) is 1.65. The normalized spacial score (nSPS) is 12.6. The summed E-state index contributed by atoms with van der Waals surface area (Å²) in [5.41, 5.74) is 1.03. The van der Waals surface area contributed by atoms with E-state index in [0.29, 0.717) is 11.1 Å². The molecule has 1 aromatic rings. The van der Waals surface area contributed by atoms with Gasteiger partial charge >= 0.3 is 5.97 Å². The average molecular weight is 328 g/mol. The number of benzene rings is 1. The highest BCUT2D eigenvalue weighted by molar-refractivity contribution is 7.89. The molecular formula is C14H20N2O5S. The van der Waals surface area contributed by atoms with Gasteiger partial charge in [-0.15, -0.1) is 0 Å². The van der Waals surface area contributed by atoms with E-state index in [1.165, 1.54) is 12.1 Å². The van der Waals surface area contributed by atoms with E-state index in [0.717, 1.165) is 0 Å². The Morgan fingerprint density at radius 1 is 1.18 bits per heavy atom. The van der Waals surface area contributed by atoms with Crippen LogP contribution in [0.3, 0.4) is 0 Å². The first-order valence-electron chi connectivity index (χ1n) is 6.89. The van der Waals surface area contributed by atoms with Crippen LogP contribution >= 0.6 is 0 Å². The Kier molecular flexibility index (Phi) is 6.51. The van der Waals surface area contributed by atoms with Gasteiger partial charge in [-0.05, 0) is 31.0 Å². The van der Waals surface area contributed by atoms with E-state index in [-0.39, 0.29) is 18.7 Å². The van der Waals surface area contributed by atoms with Gasteiger partial charge in [0.15, 0.2) is 0 Å². The van der Waals surface area contributed by atoms with Crippen LogP contribution in [0.25, 0.3) is 0 Å². The van der Waals surface area contributed by atoms with Gasteiger partial charge in [-0.2, -0.15) is 0 Å². The summed E-state index contributed by atoms with van der Waals surface area (Å²) in [4.78, 5) is 22.8. The SMILES string of the molecule is CCC(NC(=O)c1ccc(CNS(=O)(=O)CC)cc1)C(=O)O. The van der Waals surface area contributed by atoms with Gasteiger partial charge in [0.25, 0.3) is 5.91 Å². The molecule has 22 heavy (non-hydrogen) atoms. The van der Waals surface area contributed by atoms with E-state index >= 15 is 0 Å². The lowest BCUT2D eigenvalue weighted by atomic mass is 10.1. The van der Waals surface area contributed by atoms with E-state index in [2.05, 4.69) is 10.0 Å². The standard InChI is InChI=1S/C14H20N2O5S/c1-3-12(14(18)19)16-13(17)11-7-5-10(6-8-11)9-15-22(20,21)4-2/h5-8,12,15H,3-4,9H2,1-2H3,(H,16,17)(H,18,19). The monoisotopic (exact) mass is 328 g/mol. The molecular weight excluding hydrogens is 308 g/mol. The number of rotatable bonds is 8. The fourth-order valence-corrected chi connectivity index (χ4v) is 2.24. The number of hydrogen-bond acceptors (Lipinski definition) is 4. The van der Waals surface area contributed by atoms with E-state index in [1.54, 1.807) is 26.0 Å². The van der Waals surface area contributed by atoms with Gasteiger partial charge in [0.1, 0.15) is 6.04 Å². The molecule has 0 bridgehead atoms. The molecule has 1 unspecified atom stereocenters. The third-order valence-electron chi connectivity index (χ3n) is 3.10. The van der Waals surface area contributed by atoms with Crippen molar-refractivity contribution in [2.45, 2.75) is 32.9 Å². The molecule has 7 nitrogen and oxygen atoms in total. The van der Waals surface area contributed by atoms with Crippen LogP contribution in [0.5, 0.6) is 0 Å². The Morgan fingerprint density at radius 2 is 1.77 bits per heavy atom. The molecule has 1 rings (SSSR count). The van der Waals surface area contributed by atoms with Crippen molar-refractivity contribution in [3.8, 4) is 0 Å². The van der Waals surface area contributed by atoms with E-state index in [4.69, 9.17) is 5.11 Å². The van der Waals surface area contributed by atoms with Crippen LogP contribution in [-0.4, -0.2) is 37.2 Å². The second-order valence-electron chi connectivity index (χ2n) is 4.69. The Morgan fingerprint density at radius 3 is 2.23 bits per heavy atom. The number of carbonyl (C=O) groups excluding carboxylic acids is 1. The zero-order valence-corrected chi connectivity index (χ0v) is 13.3. The van der Waals surface area contributed by atoms with Crippen LogP contribution < -0.4 is 10.0 Å². The molecule has 0 spiro atoms. The summed E-state index contributed by atoms with van der Waals surface area (Å²) in [5.74, 6) is -1.56. The highest BCUT2D eigenvalue weighted by atomic mass is 32.2. The van der Waals surface area contributed by atoms with Crippen molar-refractivity contribution < 1.29 is 23.1 Å². The van der Waals surface area contributed by atoms with Crippen molar-refractivity contribution in [2.24, 2.45) is 0 Å². The number of sulfonamides is 1. The first kappa shape index (κ1) is 18.1. The largest absolute Gasteiger partial charge is 0.480 e. The fraction of sp³-hybridized carbons (Fsp3) is 0.429. The molecule has 0 aliphatic rings. The number of aliphatic carboxylic acids is 1. The average Bonchev–Trinajstić information content (AvgIpc) is 2.50. The summed E-state index contributed by atoms with van der Waals surface area (Å²) in [7, 11) is -3.27. The Bertz CT molecular complexity index is 625. The summed E-state index contributed by atoms with van der Waals surface area (Å²) in [5, 5.41) is 11.3. The van der Waals surface area contributed by atoms with Crippen molar-refractivity contribution in [3.05, 3.63) is 35.4 Å². The van der Waals surface area contributed by atoms with Gasteiger partial charge in [0.2, 0.25) is 10.0 Å². The van der Waals surface area contributed by atoms with Crippen LogP contribution in [0.15, 0.2) is 24.3 Å². The summed E-state index contributed by atoms with van der Waals surface area (Å²) in [6.45, 7) is 3.36. The van der Waals surface area contributed by atoms with Crippen LogP contribution in [0.4, 0.5) is 0 Å². The van der Waals surface area contributed by atoms with Crippen LogP contribution in [-0.2, 0) is 21.4 Å². The van der Waals surface area contributed by atoms with Gasteiger partial charge in [0, 0.05) is 12.1 Å². The zero-order chi connectivity index (χ0) is 16.8.